The van der Waals surface area contributed by atoms with Gasteiger partial charge in [0.1, 0.15) is 11.6 Å². The Morgan fingerprint density at radius 3 is 2.86 bits per heavy atom. The Morgan fingerprint density at radius 2 is 2.05 bits per heavy atom. The Morgan fingerprint density at radius 1 is 1.19 bits per heavy atom. The van der Waals surface area contributed by atoms with Crippen LogP contribution in [0, 0.1) is 5.82 Å². The molecule has 1 fully saturated rings. The first kappa shape index (κ1) is 13.2. The molecule has 0 saturated heterocycles. The quantitative estimate of drug-likeness (QED) is 0.879. The molecule has 0 unspecified atom stereocenters. The first-order valence-electron chi connectivity index (χ1n) is 7.28. The zero-order valence-corrected chi connectivity index (χ0v) is 12.4. The summed E-state index contributed by atoms with van der Waals surface area (Å²) in [6.07, 6.45) is 2.48. The number of nitrogens with one attached hydrogen (secondary N) is 1. The van der Waals surface area contributed by atoms with Crippen LogP contribution in [-0.4, -0.2) is 9.97 Å². The van der Waals surface area contributed by atoms with E-state index in [2.05, 4.69) is 10.3 Å². The third-order valence-electron chi connectivity index (χ3n) is 3.92. The molecule has 1 aromatic carbocycles. The van der Waals surface area contributed by atoms with Crippen molar-refractivity contribution >= 4 is 11.8 Å². The van der Waals surface area contributed by atoms with Crippen LogP contribution in [0.2, 0.25) is 0 Å². The van der Waals surface area contributed by atoms with Crippen LogP contribution in [0.4, 0.5) is 4.39 Å². The summed E-state index contributed by atoms with van der Waals surface area (Å²) in [5, 5.41) is 3.35. The Kier molecular flexibility index (Phi) is 3.39. The fourth-order valence-corrected chi connectivity index (χ4v) is 3.50. The molecule has 2 aromatic rings. The highest BCUT2D eigenvalue weighted by Gasteiger charge is 2.31. The summed E-state index contributed by atoms with van der Waals surface area (Å²) in [5.74, 6) is 1.90. The van der Waals surface area contributed by atoms with Gasteiger partial charge in [0.05, 0.1) is 17.1 Å². The van der Waals surface area contributed by atoms with Gasteiger partial charge in [-0.2, -0.15) is 0 Å². The van der Waals surface area contributed by atoms with Crippen molar-refractivity contribution in [2.45, 2.75) is 42.5 Å². The number of benzene rings is 1. The molecule has 5 heteroatoms. The summed E-state index contributed by atoms with van der Waals surface area (Å²) >= 11 is 1.47. The lowest BCUT2D eigenvalue weighted by Crippen LogP contribution is -2.04. The maximum atomic E-state index is 13.7. The van der Waals surface area contributed by atoms with Gasteiger partial charge in [0.15, 0.2) is 0 Å². The minimum Gasteiger partial charge on any atom is -0.307 e. The predicted octanol–water partition coefficient (Wildman–Crippen LogP) is 3.39. The van der Waals surface area contributed by atoms with Gasteiger partial charge in [0.25, 0.3) is 0 Å². The van der Waals surface area contributed by atoms with Crippen molar-refractivity contribution < 1.29 is 4.39 Å². The van der Waals surface area contributed by atoms with E-state index in [1.165, 1.54) is 41.9 Å². The first-order chi connectivity index (χ1) is 10.3. The highest BCUT2D eigenvalue weighted by Crippen LogP contribution is 2.42. The van der Waals surface area contributed by atoms with Crippen molar-refractivity contribution in [2.75, 3.05) is 0 Å². The lowest BCUT2D eigenvalue weighted by molar-refractivity contribution is 0.602. The molecule has 0 spiro atoms. The number of nitrogens with zero attached hydrogens (tertiary/aromatic N) is 2. The summed E-state index contributed by atoms with van der Waals surface area (Å²) in [7, 11) is 0. The smallest absolute Gasteiger partial charge is 0.139 e. The third-order valence-corrected chi connectivity index (χ3v) is 4.97. The molecule has 1 N–H and O–H groups in total. The zero-order valence-electron chi connectivity index (χ0n) is 11.6. The molecule has 0 atom stereocenters. The van der Waals surface area contributed by atoms with E-state index in [9.17, 15) is 4.39 Å². The maximum absolute atomic E-state index is 13.7. The molecule has 4 rings (SSSR count). The van der Waals surface area contributed by atoms with E-state index in [0.29, 0.717) is 16.6 Å². The molecule has 1 saturated carbocycles. The molecule has 2 aliphatic rings. The van der Waals surface area contributed by atoms with Gasteiger partial charge in [-0.15, -0.1) is 11.8 Å². The van der Waals surface area contributed by atoms with Crippen molar-refractivity contribution in [3.05, 3.63) is 52.9 Å². The van der Waals surface area contributed by atoms with Crippen molar-refractivity contribution in [3.63, 3.8) is 0 Å². The maximum Gasteiger partial charge on any atom is 0.139 e. The minimum atomic E-state index is -0.173. The van der Waals surface area contributed by atoms with Gasteiger partial charge in [0.2, 0.25) is 0 Å². The third kappa shape index (κ3) is 2.68. The van der Waals surface area contributed by atoms with Gasteiger partial charge in [-0.1, -0.05) is 12.1 Å². The van der Waals surface area contributed by atoms with Gasteiger partial charge >= 0.3 is 0 Å². The fourth-order valence-electron chi connectivity index (χ4n) is 2.71. The second-order valence-electron chi connectivity index (χ2n) is 5.55. The average Bonchev–Trinajstić information content (AvgIpc) is 3.23. The summed E-state index contributed by atoms with van der Waals surface area (Å²) in [6.45, 7) is 1.72. The molecule has 0 bridgehead atoms. The molecule has 1 aliphatic carbocycles. The zero-order chi connectivity index (χ0) is 14.2. The van der Waals surface area contributed by atoms with Crippen LogP contribution < -0.4 is 5.32 Å². The molecular formula is C16H16FN3S. The van der Waals surface area contributed by atoms with Gasteiger partial charge < -0.3 is 5.32 Å². The number of halogens is 1. The lowest BCUT2D eigenvalue weighted by atomic mass is 10.1. The molecule has 21 heavy (non-hydrogen) atoms. The van der Waals surface area contributed by atoms with Crippen molar-refractivity contribution in [3.8, 4) is 0 Å². The molecule has 2 heterocycles. The number of rotatable bonds is 4. The van der Waals surface area contributed by atoms with Crippen molar-refractivity contribution in [2.24, 2.45) is 0 Å². The van der Waals surface area contributed by atoms with Crippen LogP contribution in [0.5, 0.6) is 0 Å². The minimum absolute atomic E-state index is 0.173. The van der Waals surface area contributed by atoms with Crippen molar-refractivity contribution in [1.29, 1.82) is 0 Å². The van der Waals surface area contributed by atoms with E-state index in [1.807, 2.05) is 6.07 Å². The molecule has 0 amide bonds. The van der Waals surface area contributed by atoms with Gasteiger partial charge in [-0.25, -0.2) is 14.4 Å². The average molecular weight is 301 g/mol. The second-order valence-corrected chi connectivity index (χ2v) is 6.56. The van der Waals surface area contributed by atoms with E-state index in [-0.39, 0.29) is 5.82 Å². The highest BCUT2D eigenvalue weighted by molar-refractivity contribution is 7.98. The van der Waals surface area contributed by atoms with Crippen LogP contribution in [0.25, 0.3) is 0 Å². The largest absolute Gasteiger partial charge is 0.307 e. The first-order valence-corrected chi connectivity index (χ1v) is 8.26. The van der Waals surface area contributed by atoms with E-state index in [1.54, 1.807) is 12.1 Å². The van der Waals surface area contributed by atoms with Gasteiger partial charge in [-0.05, 0) is 25.0 Å². The molecule has 1 aliphatic heterocycles. The molecule has 0 radical (unpaired) electrons. The Hall–Kier alpha value is -1.46. The van der Waals surface area contributed by atoms with E-state index in [4.69, 9.17) is 4.98 Å². The SMILES string of the molecule is Fc1ccccc1SCc1nc2c(c(C3CC3)n1)CNC2. The fraction of sp³-hybridized carbons (Fsp3) is 0.375. The summed E-state index contributed by atoms with van der Waals surface area (Å²) < 4.78 is 13.7. The van der Waals surface area contributed by atoms with Gasteiger partial charge in [-0.3, -0.25) is 0 Å². The summed E-state index contributed by atoms with van der Waals surface area (Å²) in [6, 6.07) is 6.86. The molecule has 108 valence electrons. The number of thioether (sulfide) groups is 1. The highest BCUT2D eigenvalue weighted by atomic mass is 32.2. The monoisotopic (exact) mass is 301 g/mol. The van der Waals surface area contributed by atoms with Gasteiger partial charge in [0, 0.05) is 29.5 Å². The Balaban J connectivity index is 1.58. The Labute approximate surface area is 127 Å². The van der Waals surface area contributed by atoms with Crippen LogP contribution >= 0.6 is 11.8 Å². The van der Waals surface area contributed by atoms with Crippen LogP contribution in [0.1, 0.15) is 41.5 Å². The van der Waals surface area contributed by atoms with Crippen LogP contribution in [0.3, 0.4) is 0 Å². The summed E-state index contributed by atoms with van der Waals surface area (Å²) in [4.78, 5) is 10.1. The standard InChI is InChI=1S/C16H16FN3S/c17-12-3-1-2-4-14(12)21-9-15-19-13-8-18-7-11(13)16(20-15)10-5-6-10/h1-4,10,18H,5-9H2. The van der Waals surface area contributed by atoms with Crippen molar-refractivity contribution in [1.82, 2.24) is 15.3 Å². The van der Waals surface area contributed by atoms with E-state index < -0.39 is 0 Å². The molecular weight excluding hydrogens is 285 g/mol. The molecule has 3 nitrogen and oxygen atoms in total. The number of hydrogen-bond donors (Lipinski definition) is 1. The summed E-state index contributed by atoms with van der Waals surface area (Å²) in [5.41, 5.74) is 3.67. The Bertz CT molecular complexity index is 685. The van der Waals surface area contributed by atoms with E-state index in [0.717, 1.165) is 24.6 Å². The van der Waals surface area contributed by atoms with E-state index >= 15 is 0 Å². The van der Waals surface area contributed by atoms with Crippen LogP contribution in [0.15, 0.2) is 29.2 Å². The lowest BCUT2D eigenvalue weighted by Gasteiger charge is -2.09. The number of aromatic nitrogens is 2. The number of fused-ring (bicyclic) bond motifs is 1. The normalized spacial score (nSPS) is 17.0. The second kappa shape index (κ2) is 5.39. The topological polar surface area (TPSA) is 37.8 Å². The number of hydrogen-bond acceptors (Lipinski definition) is 4. The predicted molar refractivity (Wildman–Crippen MR) is 80.5 cm³/mol. The van der Waals surface area contributed by atoms with Crippen LogP contribution in [-0.2, 0) is 18.8 Å². The molecule has 1 aromatic heterocycles.